The summed E-state index contributed by atoms with van der Waals surface area (Å²) in [6.45, 7) is 0.870. The standard InChI is InChI=1S/C19H20N4O3/c1-23(2)12-14-3-7-15(8-4-14)18-21-22-19(26-18)20-16-9-5-13(6-10-16)11-17(24)25/h3-10H,11-12H2,1-2H3,(H,20,22)(H,24,25). The van der Waals surface area contributed by atoms with Crippen LogP contribution in [0.2, 0.25) is 0 Å². The van der Waals surface area contributed by atoms with E-state index in [1.54, 1.807) is 24.3 Å². The maximum absolute atomic E-state index is 10.7. The first-order valence-electron chi connectivity index (χ1n) is 8.15. The quantitative estimate of drug-likeness (QED) is 0.675. The van der Waals surface area contributed by atoms with Gasteiger partial charge >= 0.3 is 12.0 Å². The molecule has 0 unspecified atom stereocenters. The summed E-state index contributed by atoms with van der Waals surface area (Å²) >= 11 is 0. The molecule has 1 heterocycles. The number of nitrogens with zero attached hydrogens (tertiary/aromatic N) is 3. The van der Waals surface area contributed by atoms with Gasteiger partial charge in [-0.05, 0) is 49.5 Å². The fraction of sp³-hybridized carbons (Fsp3) is 0.211. The van der Waals surface area contributed by atoms with E-state index < -0.39 is 5.97 Å². The highest BCUT2D eigenvalue weighted by Crippen LogP contribution is 2.23. The van der Waals surface area contributed by atoms with Gasteiger partial charge in [0, 0.05) is 17.8 Å². The molecule has 0 radical (unpaired) electrons. The summed E-state index contributed by atoms with van der Waals surface area (Å²) < 4.78 is 5.65. The van der Waals surface area contributed by atoms with Crippen LogP contribution in [0.1, 0.15) is 11.1 Å². The van der Waals surface area contributed by atoms with Gasteiger partial charge in [0.2, 0.25) is 5.89 Å². The van der Waals surface area contributed by atoms with Gasteiger partial charge in [0.05, 0.1) is 6.42 Å². The van der Waals surface area contributed by atoms with Crippen molar-refractivity contribution >= 4 is 17.7 Å². The van der Waals surface area contributed by atoms with Crippen LogP contribution in [0.5, 0.6) is 0 Å². The number of carboxylic acid groups (broad SMARTS) is 1. The number of aliphatic carboxylic acids is 1. The Kier molecular flexibility index (Phi) is 5.28. The van der Waals surface area contributed by atoms with E-state index in [-0.39, 0.29) is 12.4 Å². The summed E-state index contributed by atoms with van der Waals surface area (Å²) in [5.41, 5.74) is 3.53. The second-order valence-electron chi connectivity index (χ2n) is 6.24. The second-order valence-corrected chi connectivity index (χ2v) is 6.24. The molecule has 0 saturated carbocycles. The van der Waals surface area contributed by atoms with Crippen molar-refractivity contribution in [1.82, 2.24) is 15.1 Å². The Labute approximate surface area is 151 Å². The first-order valence-corrected chi connectivity index (χ1v) is 8.15. The van der Waals surface area contributed by atoms with Crippen LogP contribution in [0, 0.1) is 0 Å². The van der Waals surface area contributed by atoms with Crippen LogP contribution in [0.15, 0.2) is 52.9 Å². The van der Waals surface area contributed by atoms with Gasteiger partial charge in [-0.2, -0.15) is 0 Å². The number of benzene rings is 2. The van der Waals surface area contributed by atoms with Crippen LogP contribution in [0.25, 0.3) is 11.5 Å². The first kappa shape index (κ1) is 17.6. The molecule has 0 spiro atoms. The van der Waals surface area contributed by atoms with E-state index in [1.165, 1.54) is 5.56 Å². The Hall–Kier alpha value is -3.19. The van der Waals surface area contributed by atoms with Crippen LogP contribution in [0.3, 0.4) is 0 Å². The molecule has 0 atom stereocenters. The molecule has 26 heavy (non-hydrogen) atoms. The van der Waals surface area contributed by atoms with Crippen LogP contribution in [-0.4, -0.2) is 40.3 Å². The molecule has 2 N–H and O–H groups in total. The van der Waals surface area contributed by atoms with E-state index in [1.807, 2.05) is 38.4 Å². The minimum atomic E-state index is -0.858. The lowest BCUT2D eigenvalue weighted by molar-refractivity contribution is -0.136. The summed E-state index contributed by atoms with van der Waals surface area (Å²) in [6.07, 6.45) is -0.00516. The number of hydrogen-bond acceptors (Lipinski definition) is 6. The Morgan fingerprint density at radius 3 is 2.31 bits per heavy atom. The summed E-state index contributed by atoms with van der Waals surface area (Å²) in [5, 5.41) is 19.9. The molecule has 3 rings (SSSR count). The van der Waals surface area contributed by atoms with Gasteiger partial charge in [-0.3, -0.25) is 4.79 Å². The van der Waals surface area contributed by atoms with Gasteiger partial charge in [-0.15, -0.1) is 5.10 Å². The number of carboxylic acids is 1. The molecular formula is C19H20N4O3. The number of nitrogens with one attached hydrogen (secondary N) is 1. The zero-order valence-electron chi connectivity index (χ0n) is 14.6. The van der Waals surface area contributed by atoms with Crippen molar-refractivity contribution in [3.05, 3.63) is 59.7 Å². The summed E-state index contributed by atoms with van der Waals surface area (Å²) in [6, 6.07) is 15.3. The van der Waals surface area contributed by atoms with E-state index in [2.05, 4.69) is 20.4 Å². The Balaban J connectivity index is 1.67. The van der Waals surface area contributed by atoms with E-state index in [0.29, 0.717) is 5.89 Å². The number of hydrogen-bond donors (Lipinski definition) is 2. The van der Waals surface area contributed by atoms with E-state index in [9.17, 15) is 4.79 Å². The molecule has 0 aliphatic rings. The first-order chi connectivity index (χ1) is 12.5. The maximum Gasteiger partial charge on any atom is 0.320 e. The van der Waals surface area contributed by atoms with Gasteiger partial charge in [-0.1, -0.05) is 29.4 Å². The SMILES string of the molecule is CN(C)Cc1ccc(-c2nnc(Nc3ccc(CC(=O)O)cc3)o2)cc1. The second kappa shape index (κ2) is 7.79. The summed E-state index contributed by atoms with van der Waals surface area (Å²) in [7, 11) is 4.05. The van der Waals surface area contributed by atoms with E-state index >= 15 is 0 Å². The third kappa shape index (κ3) is 4.67. The predicted molar refractivity (Wildman–Crippen MR) is 98.2 cm³/mol. The molecule has 1 aromatic heterocycles. The van der Waals surface area contributed by atoms with Gasteiger partial charge in [0.25, 0.3) is 0 Å². The summed E-state index contributed by atoms with van der Waals surface area (Å²) in [5.74, 6) is -0.421. The minimum Gasteiger partial charge on any atom is -0.481 e. The number of rotatable bonds is 7. The third-order valence-corrected chi connectivity index (χ3v) is 3.69. The Morgan fingerprint density at radius 1 is 1.04 bits per heavy atom. The molecule has 0 amide bonds. The lowest BCUT2D eigenvalue weighted by atomic mass is 10.1. The Morgan fingerprint density at radius 2 is 1.69 bits per heavy atom. The van der Waals surface area contributed by atoms with Crippen LogP contribution >= 0.6 is 0 Å². The summed E-state index contributed by atoms with van der Waals surface area (Å²) in [4.78, 5) is 12.8. The average Bonchev–Trinajstić information content (AvgIpc) is 3.05. The molecule has 0 saturated heterocycles. The monoisotopic (exact) mass is 352 g/mol. The molecule has 7 nitrogen and oxygen atoms in total. The van der Waals surface area contributed by atoms with Crippen molar-refractivity contribution in [2.24, 2.45) is 0 Å². The molecule has 134 valence electrons. The highest BCUT2D eigenvalue weighted by Gasteiger charge is 2.09. The molecule has 3 aromatic rings. The zero-order valence-corrected chi connectivity index (χ0v) is 14.6. The molecule has 0 fully saturated rings. The highest BCUT2D eigenvalue weighted by atomic mass is 16.4. The molecule has 7 heteroatoms. The lowest BCUT2D eigenvalue weighted by Gasteiger charge is -2.09. The van der Waals surface area contributed by atoms with Crippen molar-refractivity contribution in [1.29, 1.82) is 0 Å². The van der Waals surface area contributed by atoms with Crippen molar-refractivity contribution in [3.63, 3.8) is 0 Å². The van der Waals surface area contributed by atoms with Crippen molar-refractivity contribution in [2.75, 3.05) is 19.4 Å². The van der Waals surface area contributed by atoms with Crippen molar-refractivity contribution in [2.45, 2.75) is 13.0 Å². The van der Waals surface area contributed by atoms with Gasteiger partial charge < -0.3 is 19.7 Å². The third-order valence-electron chi connectivity index (χ3n) is 3.69. The fourth-order valence-electron chi connectivity index (χ4n) is 2.51. The maximum atomic E-state index is 10.7. The normalized spacial score (nSPS) is 10.9. The molecule has 2 aromatic carbocycles. The van der Waals surface area contributed by atoms with Gasteiger partial charge in [0.1, 0.15) is 0 Å². The predicted octanol–water partition coefficient (Wildman–Crippen LogP) is 3.17. The van der Waals surface area contributed by atoms with Crippen LogP contribution in [0.4, 0.5) is 11.7 Å². The number of carbonyl (C=O) groups is 1. The van der Waals surface area contributed by atoms with Crippen LogP contribution in [-0.2, 0) is 17.8 Å². The fourth-order valence-corrected chi connectivity index (χ4v) is 2.51. The van der Waals surface area contributed by atoms with Crippen molar-refractivity contribution in [3.8, 4) is 11.5 Å². The van der Waals surface area contributed by atoms with Crippen LogP contribution < -0.4 is 5.32 Å². The molecule has 0 bridgehead atoms. The number of anilines is 2. The largest absolute Gasteiger partial charge is 0.481 e. The smallest absolute Gasteiger partial charge is 0.320 e. The average molecular weight is 352 g/mol. The minimum absolute atomic E-state index is 0.00516. The van der Waals surface area contributed by atoms with Crippen molar-refractivity contribution < 1.29 is 14.3 Å². The van der Waals surface area contributed by atoms with Gasteiger partial charge in [-0.25, -0.2) is 0 Å². The zero-order chi connectivity index (χ0) is 18.5. The van der Waals surface area contributed by atoms with Gasteiger partial charge in [0.15, 0.2) is 0 Å². The van der Waals surface area contributed by atoms with E-state index in [0.717, 1.165) is 23.4 Å². The Bertz CT molecular complexity index is 871. The molecule has 0 aliphatic heterocycles. The molecular weight excluding hydrogens is 332 g/mol. The lowest BCUT2D eigenvalue weighted by Crippen LogP contribution is -2.10. The molecule has 0 aliphatic carbocycles. The topological polar surface area (TPSA) is 91.5 Å². The highest BCUT2D eigenvalue weighted by molar-refractivity contribution is 5.70. The van der Waals surface area contributed by atoms with E-state index in [4.69, 9.17) is 9.52 Å². The number of aromatic nitrogens is 2.